The van der Waals surface area contributed by atoms with Crippen LogP contribution in [-0.4, -0.2) is 13.7 Å². The molecule has 1 aliphatic carbocycles. The molecule has 3 nitrogen and oxygen atoms in total. The third-order valence-corrected chi connectivity index (χ3v) is 6.20. The summed E-state index contributed by atoms with van der Waals surface area (Å²) in [6.07, 6.45) is 3.46. The van der Waals surface area contributed by atoms with Gasteiger partial charge < -0.3 is 0 Å². The van der Waals surface area contributed by atoms with Gasteiger partial charge in [-0.2, -0.15) is 0 Å². The molecule has 0 amide bonds. The number of hydrogen-bond donors (Lipinski definition) is 1. The molecule has 0 saturated heterocycles. The predicted molar refractivity (Wildman–Crippen MR) is 74.0 cm³/mol. The molecule has 0 unspecified atom stereocenters. The highest BCUT2D eigenvalue weighted by Crippen LogP contribution is 2.32. The lowest BCUT2D eigenvalue weighted by atomic mass is 10.3. The van der Waals surface area contributed by atoms with Crippen LogP contribution in [0.3, 0.4) is 0 Å². The molecule has 1 N–H and O–H groups in total. The first-order valence-corrected chi connectivity index (χ1v) is 8.18. The van der Waals surface area contributed by atoms with Crippen molar-refractivity contribution in [1.29, 1.82) is 0 Å². The maximum atomic E-state index is 12.1. The number of anilines is 1. The van der Waals surface area contributed by atoms with Crippen molar-refractivity contribution in [3.63, 3.8) is 0 Å². The first kappa shape index (κ1) is 13.2. The Morgan fingerprint density at radius 1 is 1.29 bits per heavy atom. The van der Waals surface area contributed by atoms with Gasteiger partial charge in [-0.25, -0.2) is 8.42 Å². The SMILES string of the molecule is O=S(=O)(Nc1cccc(Cl)c1Br)C1CCCC1. The molecule has 0 heterocycles. The third kappa shape index (κ3) is 2.95. The number of sulfonamides is 1. The molecule has 2 rings (SSSR count). The van der Waals surface area contributed by atoms with Gasteiger partial charge in [0.2, 0.25) is 10.0 Å². The van der Waals surface area contributed by atoms with E-state index >= 15 is 0 Å². The standard InChI is InChI=1S/C11H13BrClNO2S/c12-11-9(13)6-3-7-10(11)14-17(15,16)8-4-1-2-5-8/h3,6-8,14H,1-2,4-5H2. The number of nitrogens with one attached hydrogen (secondary N) is 1. The molecule has 0 radical (unpaired) electrons. The zero-order valence-corrected chi connectivity index (χ0v) is 12.3. The monoisotopic (exact) mass is 337 g/mol. The van der Waals surface area contributed by atoms with E-state index < -0.39 is 10.0 Å². The van der Waals surface area contributed by atoms with Gasteiger partial charge in [-0.3, -0.25) is 4.72 Å². The second kappa shape index (κ2) is 5.16. The van der Waals surface area contributed by atoms with Crippen LogP contribution in [0.25, 0.3) is 0 Å². The summed E-state index contributed by atoms with van der Waals surface area (Å²) < 4.78 is 27.4. The molecule has 1 fully saturated rings. The van der Waals surface area contributed by atoms with E-state index in [4.69, 9.17) is 11.6 Å². The number of rotatable bonds is 3. The topological polar surface area (TPSA) is 46.2 Å². The van der Waals surface area contributed by atoms with Crippen LogP contribution in [0, 0.1) is 0 Å². The molecule has 1 aromatic rings. The van der Waals surface area contributed by atoms with Crippen LogP contribution in [0.4, 0.5) is 5.69 Å². The van der Waals surface area contributed by atoms with Gasteiger partial charge >= 0.3 is 0 Å². The smallest absolute Gasteiger partial charge is 0.235 e. The molecular formula is C11H13BrClNO2S. The first-order valence-electron chi connectivity index (χ1n) is 5.46. The van der Waals surface area contributed by atoms with Crippen molar-refractivity contribution in [3.05, 3.63) is 27.7 Å². The van der Waals surface area contributed by atoms with Gasteiger partial charge in [0.15, 0.2) is 0 Å². The van der Waals surface area contributed by atoms with E-state index in [0.717, 1.165) is 25.7 Å². The molecular weight excluding hydrogens is 326 g/mol. The van der Waals surface area contributed by atoms with Crippen molar-refractivity contribution in [2.24, 2.45) is 0 Å². The van der Waals surface area contributed by atoms with E-state index in [9.17, 15) is 8.42 Å². The highest BCUT2D eigenvalue weighted by molar-refractivity contribution is 9.10. The Labute approximate surface area is 115 Å². The molecule has 0 spiro atoms. The molecule has 0 bridgehead atoms. The summed E-state index contributed by atoms with van der Waals surface area (Å²) in [6.45, 7) is 0. The fraction of sp³-hybridized carbons (Fsp3) is 0.455. The third-order valence-electron chi connectivity index (χ3n) is 2.94. The van der Waals surface area contributed by atoms with Gasteiger partial charge in [-0.1, -0.05) is 30.5 Å². The van der Waals surface area contributed by atoms with Crippen LogP contribution in [0.2, 0.25) is 5.02 Å². The van der Waals surface area contributed by atoms with Crippen molar-refractivity contribution < 1.29 is 8.42 Å². The molecule has 1 saturated carbocycles. The average Bonchev–Trinajstić information content (AvgIpc) is 2.78. The minimum Gasteiger partial charge on any atom is -0.282 e. The van der Waals surface area contributed by atoms with E-state index in [1.807, 2.05) is 0 Å². The zero-order valence-electron chi connectivity index (χ0n) is 9.12. The summed E-state index contributed by atoms with van der Waals surface area (Å²) in [5.74, 6) is 0. The van der Waals surface area contributed by atoms with E-state index in [0.29, 0.717) is 15.2 Å². The Morgan fingerprint density at radius 2 is 1.94 bits per heavy atom. The summed E-state index contributed by atoms with van der Waals surface area (Å²) >= 11 is 9.20. The average molecular weight is 339 g/mol. The van der Waals surface area contributed by atoms with E-state index in [1.165, 1.54) is 0 Å². The maximum absolute atomic E-state index is 12.1. The highest BCUT2D eigenvalue weighted by atomic mass is 79.9. The molecule has 17 heavy (non-hydrogen) atoms. The fourth-order valence-electron chi connectivity index (χ4n) is 2.02. The second-order valence-electron chi connectivity index (χ2n) is 4.15. The van der Waals surface area contributed by atoms with Crippen LogP contribution in [0.15, 0.2) is 22.7 Å². The van der Waals surface area contributed by atoms with Crippen molar-refractivity contribution in [1.82, 2.24) is 0 Å². The van der Waals surface area contributed by atoms with Gasteiger partial charge in [0.25, 0.3) is 0 Å². The maximum Gasteiger partial charge on any atom is 0.235 e. The normalized spacial score (nSPS) is 17.3. The van der Waals surface area contributed by atoms with Crippen molar-refractivity contribution in [3.8, 4) is 0 Å². The Kier molecular flexibility index (Phi) is 4.00. The molecule has 6 heteroatoms. The van der Waals surface area contributed by atoms with Crippen molar-refractivity contribution in [2.45, 2.75) is 30.9 Å². The van der Waals surface area contributed by atoms with Gasteiger partial charge in [-0.15, -0.1) is 0 Å². The lowest BCUT2D eigenvalue weighted by molar-refractivity contribution is 0.585. The molecule has 1 aliphatic rings. The summed E-state index contributed by atoms with van der Waals surface area (Å²) in [4.78, 5) is 0. The summed E-state index contributed by atoms with van der Waals surface area (Å²) in [5.41, 5.74) is 0.504. The van der Waals surface area contributed by atoms with Crippen LogP contribution >= 0.6 is 27.5 Å². The second-order valence-corrected chi connectivity index (χ2v) is 7.32. The lowest BCUT2D eigenvalue weighted by Crippen LogP contribution is -2.25. The summed E-state index contributed by atoms with van der Waals surface area (Å²) in [5, 5.41) is 0.227. The largest absolute Gasteiger partial charge is 0.282 e. The lowest BCUT2D eigenvalue weighted by Gasteiger charge is -2.14. The fourth-order valence-corrected chi connectivity index (χ4v) is 4.28. The van der Waals surface area contributed by atoms with E-state index in [1.54, 1.807) is 18.2 Å². The molecule has 0 aromatic heterocycles. The minimum absolute atomic E-state index is 0.270. The Hall–Kier alpha value is -0.260. The first-order chi connectivity index (χ1) is 8.00. The van der Waals surface area contributed by atoms with Crippen LogP contribution in [-0.2, 0) is 10.0 Å². The zero-order chi connectivity index (χ0) is 12.5. The van der Waals surface area contributed by atoms with Gasteiger partial charge in [0.05, 0.1) is 20.4 Å². The number of hydrogen-bond acceptors (Lipinski definition) is 2. The van der Waals surface area contributed by atoms with Crippen LogP contribution < -0.4 is 4.72 Å². The number of benzene rings is 1. The molecule has 0 aliphatic heterocycles. The van der Waals surface area contributed by atoms with E-state index in [2.05, 4.69) is 20.7 Å². The number of halogens is 2. The van der Waals surface area contributed by atoms with Crippen LogP contribution in [0.1, 0.15) is 25.7 Å². The van der Waals surface area contributed by atoms with E-state index in [-0.39, 0.29) is 5.25 Å². The molecule has 94 valence electrons. The van der Waals surface area contributed by atoms with Crippen molar-refractivity contribution >= 4 is 43.2 Å². The van der Waals surface area contributed by atoms with Crippen molar-refractivity contribution in [2.75, 3.05) is 4.72 Å². The summed E-state index contributed by atoms with van der Waals surface area (Å²) in [6, 6.07) is 5.13. The quantitative estimate of drug-likeness (QED) is 0.911. The molecule has 1 aromatic carbocycles. The predicted octanol–water partition coefficient (Wildman–Crippen LogP) is 3.79. The highest BCUT2D eigenvalue weighted by Gasteiger charge is 2.29. The Balaban J connectivity index is 2.23. The van der Waals surface area contributed by atoms with Gasteiger partial charge in [0.1, 0.15) is 0 Å². The van der Waals surface area contributed by atoms with Gasteiger partial charge in [0, 0.05) is 0 Å². The van der Waals surface area contributed by atoms with Gasteiger partial charge in [-0.05, 0) is 40.9 Å². The minimum atomic E-state index is -3.29. The molecule has 0 atom stereocenters. The Morgan fingerprint density at radius 3 is 2.59 bits per heavy atom. The van der Waals surface area contributed by atoms with Crippen LogP contribution in [0.5, 0.6) is 0 Å². The Bertz CT molecular complexity index is 512. The summed E-state index contributed by atoms with van der Waals surface area (Å²) in [7, 11) is -3.29.